The van der Waals surface area contributed by atoms with Crippen LogP contribution in [0.2, 0.25) is 5.02 Å². The molecular weight excluding hydrogens is 403 g/mol. The van der Waals surface area contributed by atoms with Crippen LogP contribution in [0.5, 0.6) is 5.75 Å². The van der Waals surface area contributed by atoms with E-state index in [9.17, 15) is 9.18 Å². The number of fused-ring (bicyclic) bond motifs is 1. The fourth-order valence-corrected chi connectivity index (χ4v) is 4.75. The molecule has 1 fully saturated rings. The number of ether oxygens (including phenoxy) is 1. The lowest BCUT2D eigenvalue weighted by Gasteiger charge is -2.36. The first kappa shape index (κ1) is 21.1. The average Bonchev–Trinajstić information content (AvgIpc) is 3.15. The minimum Gasteiger partial charge on any atom is -0.494 e. The summed E-state index contributed by atoms with van der Waals surface area (Å²) in [5.41, 5.74) is 2.27. The third-order valence-corrected chi connectivity index (χ3v) is 6.46. The quantitative estimate of drug-likeness (QED) is 0.436. The van der Waals surface area contributed by atoms with Crippen LogP contribution in [0.15, 0.2) is 36.4 Å². The Morgan fingerprint density at radius 2 is 2.03 bits per heavy atom. The molecule has 0 aromatic heterocycles. The van der Waals surface area contributed by atoms with Crippen molar-refractivity contribution in [2.24, 2.45) is 0 Å². The molecule has 1 saturated heterocycles. The zero-order valence-corrected chi connectivity index (χ0v) is 18.1. The fraction of sp³-hybridized carbons (Fsp3) is 0.458. The van der Waals surface area contributed by atoms with E-state index in [0.29, 0.717) is 29.8 Å². The van der Waals surface area contributed by atoms with Gasteiger partial charge in [-0.1, -0.05) is 11.6 Å². The number of hydrogen-bond acceptors (Lipinski definition) is 4. The molecule has 0 spiro atoms. The van der Waals surface area contributed by atoms with Gasteiger partial charge in [-0.3, -0.25) is 0 Å². The van der Waals surface area contributed by atoms with Crippen LogP contribution in [0.4, 0.5) is 15.8 Å². The van der Waals surface area contributed by atoms with Crippen LogP contribution in [0, 0.1) is 5.82 Å². The molecule has 0 saturated carbocycles. The lowest BCUT2D eigenvalue weighted by Crippen LogP contribution is -2.37. The number of halogens is 2. The van der Waals surface area contributed by atoms with Gasteiger partial charge in [0, 0.05) is 23.3 Å². The highest BCUT2D eigenvalue weighted by Crippen LogP contribution is 2.39. The van der Waals surface area contributed by atoms with Crippen molar-refractivity contribution in [2.45, 2.75) is 51.1 Å². The van der Waals surface area contributed by atoms with Gasteiger partial charge < -0.3 is 19.3 Å². The maximum atomic E-state index is 14.6. The second-order valence-corrected chi connectivity index (χ2v) is 8.66. The van der Waals surface area contributed by atoms with Crippen molar-refractivity contribution in [1.82, 2.24) is 4.90 Å². The van der Waals surface area contributed by atoms with Crippen LogP contribution in [-0.4, -0.2) is 43.0 Å². The summed E-state index contributed by atoms with van der Waals surface area (Å²) < 4.78 is 20.6. The summed E-state index contributed by atoms with van der Waals surface area (Å²) in [4.78, 5) is 16.0. The van der Waals surface area contributed by atoms with Crippen molar-refractivity contribution < 1.29 is 13.9 Å². The molecule has 30 heavy (non-hydrogen) atoms. The minimum atomic E-state index is -0.432. The van der Waals surface area contributed by atoms with E-state index in [2.05, 4.69) is 11.8 Å². The van der Waals surface area contributed by atoms with Crippen LogP contribution in [0.25, 0.3) is 0 Å². The number of aryl methyl sites for hydroxylation is 1. The Morgan fingerprint density at radius 1 is 1.20 bits per heavy atom. The summed E-state index contributed by atoms with van der Waals surface area (Å²) in [6, 6.07) is 10.7. The predicted molar refractivity (Wildman–Crippen MR) is 119 cm³/mol. The Bertz CT molecular complexity index is 907. The van der Waals surface area contributed by atoms with Crippen molar-refractivity contribution in [2.75, 3.05) is 24.6 Å². The van der Waals surface area contributed by atoms with Crippen molar-refractivity contribution in [1.29, 1.82) is 0 Å². The normalized spacial score (nSPS) is 21.5. The molecule has 6 heteroatoms. The zero-order chi connectivity index (χ0) is 21.1. The second-order valence-electron chi connectivity index (χ2n) is 8.23. The Balaban J connectivity index is 1.47. The van der Waals surface area contributed by atoms with Crippen LogP contribution >= 0.6 is 11.6 Å². The number of anilines is 2. The number of nitrogens with zero attached hydrogens (tertiary/aromatic N) is 2. The van der Waals surface area contributed by atoms with Gasteiger partial charge in [-0.2, -0.15) is 0 Å². The van der Waals surface area contributed by atoms with E-state index in [1.165, 1.54) is 25.5 Å². The smallest absolute Gasteiger partial charge is 0.148 e. The molecule has 2 aliphatic rings. The highest BCUT2D eigenvalue weighted by atomic mass is 35.5. The molecule has 1 unspecified atom stereocenters. The Morgan fingerprint density at radius 3 is 2.77 bits per heavy atom. The van der Waals surface area contributed by atoms with Gasteiger partial charge in [-0.05, 0) is 87.5 Å². The topological polar surface area (TPSA) is 32.8 Å². The standard InChI is InChI=1S/C24H28ClFN2O2/c1-17-4-2-11-27(17)12-3-13-30-21-8-10-23-18(14-21)5-7-20(16-29)28(23)24-9-6-19(25)15-22(24)26/h6,8-10,14-17,20H,2-5,7,11-13H2,1H3/t17-,20?/m1/s1. The van der Waals surface area contributed by atoms with E-state index in [1.807, 2.05) is 18.2 Å². The third kappa shape index (κ3) is 4.47. The van der Waals surface area contributed by atoms with E-state index >= 15 is 0 Å². The monoisotopic (exact) mass is 430 g/mol. The maximum absolute atomic E-state index is 14.6. The molecule has 2 aromatic rings. The number of hydrogen-bond donors (Lipinski definition) is 0. The Kier molecular flexibility index (Phi) is 6.59. The minimum absolute atomic E-state index is 0.336. The van der Waals surface area contributed by atoms with E-state index < -0.39 is 11.9 Å². The second kappa shape index (κ2) is 9.36. The fourth-order valence-electron chi connectivity index (χ4n) is 4.59. The first-order valence-electron chi connectivity index (χ1n) is 10.8. The molecule has 0 aliphatic carbocycles. The van der Waals surface area contributed by atoms with Gasteiger partial charge in [-0.25, -0.2) is 4.39 Å². The summed E-state index contributed by atoms with van der Waals surface area (Å²) in [7, 11) is 0. The summed E-state index contributed by atoms with van der Waals surface area (Å²) in [5.74, 6) is 0.392. The van der Waals surface area contributed by atoms with Crippen LogP contribution in [0.3, 0.4) is 0 Å². The van der Waals surface area contributed by atoms with E-state index in [1.54, 1.807) is 17.0 Å². The van der Waals surface area contributed by atoms with Gasteiger partial charge in [0.15, 0.2) is 0 Å². The maximum Gasteiger partial charge on any atom is 0.148 e. The molecule has 0 amide bonds. The molecule has 0 radical (unpaired) electrons. The number of carbonyl (C=O) groups excluding carboxylic acids is 1. The summed E-state index contributed by atoms with van der Waals surface area (Å²) in [6.07, 6.45) is 5.86. The number of likely N-dealkylation sites (tertiary alicyclic amines) is 1. The van der Waals surface area contributed by atoms with Gasteiger partial charge in [0.25, 0.3) is 0 Å². The zero-order valence-electron chi connectivity index (χ0n) is 17.3. The predicted octanol–water partition coefficient (Wildman–Crippen LogP) is 5.38. The molecule has 4 rings (SSSR count). The third-order valence-electron chi connectivity index (χ3n) is 6.23. The van der Waals surface area contributed by atoms with E-state index in [-0.39, 0.29) is 0 Å². The van der Waals surface area contributed by atoms with Crippen molar-refractivity contribution in [3.8, 4) is 5.75 Å². The highest BCUT2D eigenvalue weighted by molar-refractivity contribution is 6.30. The summed E-state index contributed by atoms with van der Waals surface area (Å²) in [5, 5.41) is 0.336. The van der Waals surface area contributed by atoms with Crippen molar-refractivity contribution in [3.63, 3.8) is 0 Å². The number of aldehydes is 1. The largest absolute Gasteiger partial charge is 0.494 e. The number of rotatable bonds is 7. The van der Waals surface area contributed by atoms with Crippen LogP contribution < -0.4 is 9.64 Å². The molecule has 0 N–H and O–H groups in total. The van der Waals surface area contributed by atoms with Crippen LogP contribution in [0.1, 0.15) is 38.2 Å². The molecule has 0 bridgehead atoms. The molecule has 2 aromatic carbocycles. The first-order chi connectivity index (χ1) is 14.6. The highest BCUT2D eigenvalue weighted by Gasteiger charge is 2.29. The molecule has 4 nitrogen and oxygen atoms in total. The number of carbonyl (C=O) groups is 1. The molecule has 2 atom stereocenters. The van der Waals surface area contributed by atoms with Crippen LogP contribution in [-0.2, 0) is 11.2 Å². The Labute approximate surface area is 182 Å². The summed E-state index contributed by atoms with van der Waals surface area (Å²) >= 11 is 5.91. The van der Waals surface area contributed by atoms with Gasteiger partial charge >= 0.3 is 0 Å². The van der Waals surface area contributed by atoms with Crippen molar-refractivity contribution >= 4 is 29.3 Å². The number of benzene rings is 2. The SMILES string of the molecule is C[C@@H]1CCCN1CCCOc1ccc2c(c1)CCC(C=O)N2c1ccc(Cl)cc1F. The summed E-state index contributed by atoms with van der Waals surface area (Å²) in [6.45, 7) is 5.22. The Hall–Kier alpha value is -2.11. The lowest BCUT2D eigenvalue weighted by atomic mass is 9.95. The lowest BCUT2D eigenvalue weighted by molar-refractivity contribution is -0.109. The average molecular weight is 431 g/mol. The molecular formula is C24H28ClFN2O2. The van der Waals surface area contributed by atoms with Crippen molar-refractivity contribution in [3.05, 3.63) is 52.8 Å². The van der Waals surface area contributed by atoms with Gasteiger partial charge in [-0.15, -0.1) is 0 Å². The molecule has 2 aliphatic heterocycles. The molecule has 2 heterocycles. The van der Waals surface area contributed by atoms with Gasteiger partial charge in [0.2, 0.25) is 0 Å². The van der Waals surface area contributed by atoms with Gasteiger partial charge in [0.1, 0.15) is 17.9 Å². The van der Waals surface area contributed by atoms with E-state index in [0.717, 1.165) is 42.7 Å². The first-order valence-corrected chi connectivity index (χ1v) is 11.1. The van der Waals surface area contributed by atoms with E-state index in [4.69, 9.17) is 16.3 Å². The molecule has 160 valence electrons. The van der Waals surface area contributed by atoms with Gasteiger partial charge in [0.05, 0.1) is 18.3 Å².